The number of esters is 1. The van der Waals surface area contributed by atoms with Crippen molar-refractivity contribution in [3.63, 3.8) is 0 Å². The zero-order valence-corrected chi connectivity index (χ0v) is 16.4. The predicted molar refractivity (Wildman–Crippen MR) is 102 cm³/mol. The van der Waals surface area contributed by atoms with Crippen LogP contribution in [0.5, 0.6) is 0 Å². The number of ether oxygens (including phenoxy) is 1. The molecule has 1 aromatic carbocycles. The van der Waals surface area contributed by atoms with E-state index in [1.165, 1.54) is 13.8 Å². The van der Waals surface area contributed by atoms with E-state index in [1.54, 1.807) is 30.3 Å². The Bertz CT molecular complexity index is 902. The number of hydrogen-bond acceptors (Lipinski definition) is 5. The van der Waals surface area contributed by atoms with E-state index in [0.29, 0.717) is 17.4 Å². The number of carbonyl (C=O) groups excluding carboxylic acids is 4. The normalized spacial score (nSPS) is 35.7. The summed E-state index contributed by atoms with van der Waals surface area (Å²) in [5.74, 6) is -1.04. The summed E-state index contributed by atoms with van der Waals surface area (Å²) in [4.78, 5) is 52.4. The lowest BCUT2D eigenvalue weighted by Gasteiger charge is -2.37. The van der Waals surface area contributed by atoms with E-state index in [4.69, 9.17) is 4.74 Å². The second kappa shape index (κ2) is 6.37. The quantitative estimate of drug-likeness (QED) is 0.332. The first-order valence-electron chi connectivity index (χ1n) is 10.2. The van der Waals surface area contributed by atoms with E-state index < -0.39 is 18.1 Å². The van der Waals surface area contributed by atoms with Crippen molar-refractivity contribution in [1.82, 2.24) is 4.90 Å². The number of Topliss-reactive ketones (excluding diaryl/α,β-unsaturated/α-hetero) is 1. The molecule has 0 unspecified atom stereocenters. The second-order valence-electron chi connectivity index (χ2n) is 8.69. The Morgan fingerprint density at radius 2 is 1.52 bits per heavy atom. The van der Waals surface area contributed by atoms with Gasteiger partial charge < -0.3 is 4.74 Å². The van der Waals surface area contributed by atoms with Gasteiger partial charge in [-0.15, -0.1) is 0 Å². The summed E-state index contributed by atoms with van der Waals surface area (Å²) in [6.07, 6.45) is 4.29. The maximum Gasteiger partial charge on any atom is 0.329 e. The molecule has 0 spiro atoms. The van der Waals surface area contributed by atoms with Crippen LogP contribution >= 0.6 is 0 Å². The second-order valence-corrected chi connectivity index (χ2v) is 8.69. The Balaban J connectivity index is 1.30. The molecule has 0 radical (unpaired) electrons. The van der Waals surface area contributed by atoms with Crippen LogP contribution in [0, 0.1) is 35.5 Å². The van der Waals surface area contributed by atoms with Crippen molar-refractivity contribution in [2.75, 3.05) is 0 Å². The molecule has 6 rings (SSSR count). The highest BCUT2D eigenvalue weighted by molar-refractivity contribution is 6.09. The molecule has 1 heterocycles. The van der Waals surface area contributed by atoms with Crippen LogP contribution in [0.3, 0.4) is 0 Å². The van der Waals surface area contributed by atoms with Crippen molar-refractivity contribution in [2.45, 2.75) is 32.4 Å². The fourth-order valence-electron chi connectivity index (χ4n) is 5.63. The average molecular weight is 393 g/mol. The van der Waals surface area contributed by atoms with Gasteiger partial charge in [0.15, 0.2) is 6.10 Å². The predicted octanol–water partition coefficient (Wildman–Crippen LogP) is 2.24. The van der Waals surface area contributed by atoms with Gasteiger partial charge in [-0.3, -0.25) is 19.3 Å². The van der Waals surface area contributed by atoms with Gasteiger partial charge in [0.2, 0.25) is 17.6 Å². The van der Waals surface area contributed by atoms with Gasteiger partial charge in [-0.05, 0) is 43.9 Å². The number of hydrogen-bond donors (Lipinski definition) is 0. The highest BCUT2D eigenvalue weighted by atomic mass is 16.5. The average Bonchev–Trinajstić information content (AvgIpc) is 3.51. The summed E-state index contributed by atoms with van der Waals surface area (Å²) in [7, 11) is 0. The van der Waals surface area contributed by atoms with E-state index in [2.05, 4.69) is 12.2 Å². The maximum atomic E-state index is 13.1. The molecule has 0 aromatic heterocycles. The van der Waals surface area contributed by atoms with Crippen LogP contribution in [0.1, 0.15) is 30.6 Å². The Kier molecular flexibility index (Phi) is 4.02. The first-order valence-corrected chi connectivity index (χ1v) is 10.2. The van der Waals surface area contributed by atoms with E-state index >= 15 is 0 Å². The van der Waals surface area contributed by atoms with E-state index in [1.807, 2.05) is 0 Å². The van der Waals surface area contributed by atoms with E-state index in [9.17, 15) is 19.2 Å². The molecule has 29 heavy (non-hydrogen) atoms. The van der Waals surface area contributed by atoms with Crippen molar-refractivity contribution >= 4 is 23.6 Å². The SMILES string of the molecule is C[C@H](OC(=O)[C@H](C)N1C(=O)[C@@H]2[C@H]3C=C[C@@H]([C@@H]4C[C@@H]34)[C@H]2C1=O)C(=O)c1ccccc1. The van der Waals surface area contributed by atoms with Crippen molar-refractivity contribution in [1.29, 1.82) is 0 Å². The number of likely N-dealkylation sites (tertiary alicyclic amines) is 1. The largest absolute Gasteiger partial charge is 0.453 e. The van der Waals surface area contributed by atoms with Gasteiger partial charge in [0.05, 0.1) is 11.8 Å². The molecule has 2 saturated carbocycles. The molecular weight excluding hydrogens is 370 g/mol. The number of benzene rings is 1. The Morgan fingerprint density at radius 3 is 2.07 bits per heavy atom. The lowest BCUT2D eigenvalue weighted by atomic mass is 9.63. The van der Waals surface area contributed by atoms with Crippen molar-refractivity contribution < 1.29 is 23.9 Å². The number of rotatable bonds is 5. The van der Waals surface area contributed by atoms with Crippen LogP contribution in [-0.2, 0) is 19.1 Å². The van der Waals surface area contributed by atoms with Crippen molar-refractivity contribution in [3.05, 3.63) is 48.0 Å². The summed E-state index contributed by atoms with van der Waals surface area (Å²) in [6, 6.07) is 7.54. The molecule has 1 aliphatic heterocycles. The number of imide groups is 1. The first kappa shape index (κ1) is 18.3. The minimum Gasteiger partial charge on any atom is -0.453 e. The summed E-state index contributed by atoms with van der Waals surface area (Å²) in [5, 5.41) is 0. The Morgan fingerprint density at radius 1 is 0.966 bits per heavy atom. The fraction of sp³-hybridized carbons (Fsp3) is 0.478. The van der Waals surface area contributed by atoms with Gasteiger partial charge in [0.1, 0.15) is 6.04 Å². The smallest absolute Gasteiger partial charge is 0.329 e. The van der Waals surface area contributed by atoms with Gasteiger partial charge in [-0.25, -0.2) is 4.79 Å². The minimum absolute atomic E-state index is 0.109. The third kappa shape index (κ3) is 2.61. The third-order valence-electron chi connectivity index (χ3n) is 7.15. The standard InChI is InChI=1S/C23H23NO5/c1-11(23(28)29-12(2)20(25)13-6-4-3-5-7-13)24-21(26)18-14-8-9-15(17-10-16(14)17)19(18)22(24)27/h3-9,11-12,14-19H,10H2,1-2H3/t11-,12-,14-,15-,16-,17-,18+,19+/m0/s1. The Labute approximate surface area is 168 Å². The van der Waals surface area contributed by atoms with Gasteiger partial charge >= 0.3 is 5.97 Å². The molecule has 1 aromatic rings. The van der Waals surface area contributed by atoms with Crippen LogP contribution in [0.15, 0.2) is 42.5 Å². The molecular formula is C23H23NO5. The molecule has 8 atom stereocenters. The van der Waals surface area contributed by atoms with Crippen molar-refractivity contribution in [2.24, 2.45) is 35.5 Å². The summed E-state index contributed by atoms with van der Waals surface area (Å²) < 4.78 is 5.34. The molecule has 2 bridgehead atoms. The van der Waals surface area contributed by atoms with Crippen LogP contribution in [0.2, 0.25) is 0 Å². The zero-order valence-electron chi connectivity index (χ0n) is 16.4. The highest BCUT2D eigenvalue weighted by Crippen LogP contribution is 2.65. The summed E-state index contributed by atoms with van der Waals surface area (Å²) in [6.45, 7) is 3.01. The lowest BCUT2D eigenvalue weighted by molar-refractivity contribution is -0.160. The first-order chi connectivity index (χ1) is 13.9. The molecule has 6 nitrogen and oxygen atoms in total. The zero-order chi connectivity index (χ0) is 20.4. The third-order valence-corrected chi connectivity index (χ3v) is 7.15. The molecule has 2 amide bonds. The summed E-state index contributed by atoms with van der Waals surface area (Å²) in [5.41, 5.74) is 0.446. The molecule has 3 fully saturated rings. The molecule has 6 heteroatoms. The van der Waals surface area contributed by atoms with E-state index in [0.717, 1.165) is 11.3 Å². The minimum atomic E-state index is -1.04. The molecule has 4 aliphatic carbocycles. The van der Waals surface area contributed by atoms with Gasteiger partial charge in [0, 0.05) is 5.56 Å². The fourth-order valence-corrected chi connectivity index (χ4v) is 5.63. The van der Waals surface area contributed by atoms with E-state index in [-0.39, 0.29) is 41.3 Å². The Hall–Kier alpha value is -2.76. The molecule has 5 aliphatic rings. The number of amides is 2. The topological polar surface area (TPSA) is 80.8 Å². The van der Waals surface area contributed by atoms with Crippen LogP contribution in [0.25, 0.3) is 0 Å². The van der Waals surface area contributed by atoms with Crippen LogP contribution in [0.4, 0.5) is 0 Å². The molecule has 0 N–H and O–H groups in total. The maximum absolute atomic E-state index is 13.1. The van der Waals surface area contributed by atoms with Gasteiger partial charge in [0.25, 0.3) is 0 Å². The number of carbonyl (C=O) groups is 4. The van der Waals surface area contributed by atoms with Crippen molar-refractivity contribution in [3.8, 4) is 0 Å². The monoisotopic (exact) mass is 393 g/mol. The van der Waals surface area contributed by atoms with Gasteiger partial charge in [-0.2, -0.15) is 0 Å². The van der Waals surface area contributed by atoms with Crippen LogP contribution in [-0.4, -0.2) is 40.6 Å². The highest BCUT2D eigenvalue weighted by Gasteiger charge is 2.67. The molecule has 1 saturated heterocycles. The number of nitrogens with zero attached hydrogens (tertiary/aromatic N) is 1. The van der Waals surface area contributed by atoms with Crippen LogP contribution < -0.4 is 0 Å². The van der Waals surface area contributed by atoms with Gasteiger partial charge in [-0.1, -0.05) is 42.5 Å². The molecule has 150 valence electrons. The number of allylic oxidation sites excluding steroid dienone is 2. The summed E-state index contributed by atoms with van der Waals surface area (Å²) >= 11 is 0. The number of ketones is 1. The lowest BCUT2D eigenvalue weighted by Crippen LogP contribution is -2.46.